The van der Waals surface area contributed by atoms with Crippen LogP contribution < -0.4 is 0 Å². The van der Waals surface area contributed by atoms with E-state index in [1.165, 1.54) is 29.2 Å². The van der Waals surface area contributed by atoms with Gasteiger partial charge in [0.15, 0.2) is 0 Å². The Hall–Kier alpha value is -2.61. The van der Waals surface area contributed by atoms with Gasteiger partial charge in [-0.3, -0.25) is 14.9 Å². The average Bonchev–Trinajstić information content (AvgIpc) is 2.62. The zero-order chi connectivity index (χ0) is 19.1. The van der Waals surface area contributed by atoms with E-state index in [1.807, 2.05) is 0 Å². The third kappa shape index (κ3) is 4.72. The fourth-order valence-electron chi connectivity index (χ4n) is 2.54. The number of nitrogens with zero attached hydrogens (tertiary/aromatic N) is 2. The minimum Gasteiger partial charge on any atom is -0.459 e. The highest BCUT2D eigenvalue weighted by atomic mass is 32.2. The molecule has 1 aromatic carbocycles. The molecule has 0 bridgehead atoms. The van der Waals surface area contributed by atoms with Crippen LogP contribution in [0.15, 0.2) is 49.6 Å². The summed E-state index contributed by atoms with van der Waals surface area (Å²) in [5.74, 6) is 0.0822. The smallest absolute Gasteiger partial charge is 0.329 e. The zero-order valence-electron chi connectivity index (χ0n) is 14.2. The number of nitro benzene ring substituents is 1. The molecular weight excluding hydrogens is 356 g/mol. The first kappa shape index (κ1) is 19.7. The molecule has 0 N–H and O–H groups in total. The Morgan fingerprint density at radius 3 is 2.62 bits per heavy atom. The summed E-state index contributed by atoms with van der Waals surface area (Å²) in [6.07, 6.45) is 4.03. The van der Waals surface area contributed by atoms with Crippen LogP contribution in [-0.4, -0.2) is 38.9 Å². The molecule has 0 saturated carbocycles. The van der Waals surface area contributed by atoms with Gasteiger partial charge in [-0.15, -0.1) is 24.9 Å². The van der Waals surface area contributed by atoms with Crippen LogP contribution in [-0.2, 0) is 20.9 Å². The van der Waals surface area contributed by atoms with E-state index in [1.54, 1.807) is 23.9 Å². The quantitative estimate of drug-likeness (QED) is 0.205. The van der Waals surface area contributed by atoms with Gasteiger partial charge in [0.25, 0.3) is 5.69 Å². The van der Waals surface area contributed by atoms with Crippen molar-refractivity contribution in [2.75, 3.05) is 5.75 Å². The van der Waals surface area contributed by atoms with Gasteiger partial charge >= 0.3 is 5.97 Å². The van der Waals surface area contributed by atoms with Crippen LogP contribution in [0.3, 0.4) is 0 Å². The maximum atomic E-state index is 12.5. The van der Waals surface area contributed by atoms with Gasteiger partial charge < -0.3 is 9.64 Å². The molecule has 1 heterocycles. The Balaban J connectivity index is 1.99. The van der Waals surface area contributed by atoms with E-state index in [-0.39, 0.29) is 23.6 Å². The lowest BCUT2D eigenvalue weighted by Crippen LogP contribution is -2.58. The SMILES string of the molecule is C=CCS[C@@H]1CC(=O)N1C(CC=C)C(=O)OCc1ccc([N+](=O)[O-])cc1. The highest BCUT2D eigenvalue weighted by Crippen LogP contribution is 2.33. The molecule has 0 spiro atoms. The standard InChI is InChI=1S/C18H20N2O5S/c1-3-5-15(19-16(21)11-17(19)26-10-4-2)18(22)25-12-13-6-8-14(9-7-13)20(23)24/h3-4,6-9,15,17H,1-2,5,10-12H2/t15?,17-/m1/s1. The van der Waals surface area contributed by atoms with Gasteiger partial charge in [-0.2, -0.15) is 0 Å². The molecule has 1 fully saturated rings. The minimum atomic E-state index is -0.714. The Morgan fingerprint density at radius 2 is 2.08 bits per heavy atom. The minimum absolute atomic E-state index is 0.0169. The van der Waals surface area contributed by atoms with Crippen LogP contribution in [0.4, 0.5) is 5.69 Å². The Morgan fingerprint density at radius 1 is 1.38 bits per heavy atom. The van der Waals surface area contributed by atoms with Crippen molar-refractivity contribution in [1.82, 2.24) is 4.90 Å². The molecule has 26 heavy (non-hydrogen) atoms. The Bertz CT molecular complexity index is 704. The highest BCUT2D eigenvalue weighted by molar-refractivity contribution is 8.00. The molecule has 0 aromatic heterocycles. The maximum Gasteiger partial charge on any atom is 0.329 e. The summed E-state index contributed by atoms with van der Waals surface area (Å²) < 4.78 is 5.32. The molecule has 0 radical (unpaired) electrons. The van der Waals surface area contributed by atoms with Gasteiger partial charge in [0.05, 0.1) is 16.7 Å². The lowest BCUT2D eigenvalue weighted by molar-refractivity contribution is -0.384. The van der Waals surface area contributed by atoms with Crippen LogP contribution in [0.25, 0.3) is 0 Å². The van der Waals surface area contributed by atoms with Crippen molar-refractivity contribution in [2.24, 2.45) is 0 Å². The van der Waals surface area contributed by atoms with Crippen LogP contribution >= 0.6 is 11.8 Å². The molecule has 1 aliphatic rings. The number of hydrogen-bond acceptors (Lipinski definition) is 6. The third-order valence-corrected chi connectivity index (χ3v) is 5.09. The molecular formula is C18H20N2O5S. The first-order chi connectivity index (χ1) is 12.5. The molecule has 1 aliphatic heterocycles. The van der Waals surface area contributed by atoms with E-state index in [9.17, 15) is 19.7 Å². The average molecular weight is 376 g/mol. The number of carbonyl (C=O) groups excluding carboxylic acids is 2. The second-order valence-electron chi connectivity index (χ2n) is 5.65. The second-order valence-corrected chi connectivity index (χ2v) is 6.86. The van der Waals surface area contributed by atoms with Crippen molar-refractivity contribution in [1.29, 1.82) is 0 Å². The van der Waals surface area contributed by atoms with Gasteiger partial charge in [0, 0.05) is 17.9 Å². The van der Waals surface area contributed by atoms with E-state index < -0.39 is 16.9 Å². The summed E-state index contributed by atoms with van der Waals surface area (Å²) in [6.45, 7) is 7.29. The number of hydrogen-bond donors (Lipinski definition) is 0. The first-order valence-electron chi connectivity index (χ1n) is 8.02. The summed E-state index contributed by atoms with van der Waals surface area (Å²) in [6, 6.07) is 5.06. The monoisotopic (exact) mass is 376 g/mol. The number of likely N-dealkylation sites (tertiary alicyclic amines) is 1. The normalized spacial score (nSPS) is 17.2. The topological polar surface area (TPSA) is 89.8 Å². The van der Waals surface area contributed by atoms with Crippen molar-refractivity contribution in [3.63, 3.8) is 0 Å². The summed E-state index contributed by atoms with van der Waals surface area (Å²) >= 11 is 1.55. The van der Waals surface area contributed by atoms with Gasteiger partial charge in [-0.25, -0.2) is 4.79 Å². The van der Waals surface area contributed by atoms with Crippen molar-refractivity contribution in [3.05, 3.63) is 65.3 Å². The summed E-state index contributed by atoms with van der Waals surface area (Å²) in [4.78, 5) is 36.2. The number of benzene rings is 1. The molecule has 7 nitrogen and oxygen atoms in total. The van der Waals surface area contributed by atoms with Crippen LogP contribution in [0.5, 0.6) is 0 Å². The Labute approximate surface area is 155 Å². The van der Waals surface area contributed by atoms with E-state index in [4.69, 9.17) is 4.74 Å². The number of nitro groups is 1. The van der Waals surface area contributed by atoms with Crippen LogP contribution in [0, 0.1) is 10.1 Å². The second kappa shape index (κ2) is 9.19. The molecule has 0 aliphatic carbocycles. The third-order valence-electron chi connectivity index (χ3n) is 3.88. The van der Waals surface area contributed by atoms with E-state index >= 15 is 0 Å². The Kier molecular flexibility index (Phi) is 6.97. The lowest BCUT2D eigenvalue weighted by Gasteiger charge is -2.43. The molecule has 8 heteroatoms. The summed E-state index contributed by atoms with van der Waals surface area (Å²) in [7, 11) is 0. The van der Waals surface area contributed by atoms with Gasteiger partial charge in [0.1, 0.15) is 12.6 Å². The molecule has 2 rings (SSSR count). The van der Waals surface area contributed by atoms with Gasteiger partial charge in [-0.1, -0.05) is 12.2 Å². The van der Waals surface area contributed by atoms with E-state index in [0.29, 0.717) is 24.2 Å². The maximum absolute atomic E-state index is 12.5. The molecule has 1 amide bonds. The van der Waals surface area contributed by atoms with Crippen LogP contribution in [0.2, 0.25) is 0 Å². The number of esters is 1. The zero-order valence-corrected chi connectivity index (χ0v) is 15.0. The molecule has 1 aromatic rings. The summed E-state index contributed by atoms with van der Waals surface area (Å²) in [5.41, 5.74) is 0.603. The number of non-ortho nitro benzene ring substituents is 1. The van der Waals surface area contributed by atoms with Crippen molar-refractivity contribution in [3.8, 4) is 0 Å². The fourth-order valence-corrected chi connectivity index (χ4v) is 3.58. The number of carbonyl (C=O) groups is 2. The number of thioether (sulfide) groups is 1. The highest BCUT2D eigenvalue weighted by Gasteiger charge is 2.43. The predicted octanol–water partition coefficient (Wildman–Crippen LogP) is 3.06. The number of β-lactam (4-membered cyclic amide) rings is 1. The van der Waals surface area contributed by atoms with E-state index in [2.05, 4.69) is 13.2 Å². The molecule has 1 unspecified atom stereocenters. The molecule has 138 valence electrons. The largest absolute Gasteiger partial charge is 0.459 e. The number of amides is 1. The van der Waals surface area contributed by atoms with E-state index in [0.717, 1.165) is 0 Å². The van der Waals surface area contributed by atoms with Gasteiger partial charge in [-0.05, 0) is 24.1 Å². The number of rotatable bonds is 10. The predicted molar refractivity (Wildman–Crippen MR) is 99.4 cm³/mol. The van der Waals surface area contributed by atoms with Crippen molar-refractivity contribution >= 4 is 29.3 Å². The van der Waals surface area contributed by atoms with Gasteiger partial charge in [0.2, 0.25) is 5.91 Å². The number of ether oxygens (including phenoxy) is 1. The van der Waals surface area contributed by atoms with Crippen molar-refractivity contribution in [2.45, 2.75) is 30.9 Å². The first-order valence-corrected chi connectivity index (χ1v) is 9.07. The summed E-state index contributed by atoms with van der Waals surface area (Å²) in [5, 5.41) is 10.6. The van der Waals surface area contributed by atoms with Crippen LogP contribution in [0.1, 0.15) is 18.4 Å². The fraction of sp³-hybridized carbons (Fsp3) is 0.333. The molecule has 2 atom stereocenters. The molecule has 1 saturated heterocycles. The van der Waals surface area contributed by atoms with Crippen molar-refractivity contribution < 1.29 is 19.2 Å². The lowest BCUT2D eigenvalue weighted by atomic mass is 10.1.